The van der Waals surface area contributed by atoms with Crippen LogP contribution in [0.3, 0.4) is 0 Å². The van der Waals surface area contributed by atoms with Crippen LogP contribution in [0.25, 0.3) is 0 Å². The van der Waals surface area contributed by atoms with Gasteiger partial charge in [0.25, 0.3) is 0 Å². The highest BCUT2D eigenvalue weighted by molar-refractivity contribution is 5.90. The summed E-state index contributed by atoms with van der Waals surface area (Å²) in [7, 11) is 0. The molecular formula is C16H19FN2O3. The average molecular weight is 306 g/mol. The molecule has 0 aromatic heterocycles. The number of hydrogen-bond acceptors (Lipinski definition) is 3. The first kappa shape index (κ1) is 15.0. The van der Waals surface area contributed by atoms with Crippen LogP contribution in [0.15, 0.2) is 24.3 Å². The second kappa shape index (κ2) is 5.68. The predicted molar refractivity (Wildman–Crippen MR) is 77.1 cm³/mol. The van der Waals surface area contributed by atoms with Gasteiger partial charge in [-0.1, -0.05) is 18.2 Å². The number of hydrogen-bond donors (Lipinski definition) is 1. The van der Waals surface area contributed by atoms with Gasteiger partial charge in [-0.3, -0.25) is 9.59 Å². The van der Waals surface area contributed by atoms with E-state index in [4.69, 9.17) is 0 Å². The molecule has 2 fully saturated rings. The van der Waals surface area contributed by atoms with Crippen molar-refractivity contribution in [2.45, 2.75) is 19.4 Å². The van der Waals surface area contributed by atoms with E-state index in [0.29, 0.717) is 31.5 Å². The van der Waals surface area contributed by atoms with Gasteiger partial charge in [-0.2, -0.15) is 0 Å². The molecule has 1 saturated carbocycles. The van der Waals surface area contributed by atoms with Gasteiger partial charge in [0.1, 0.15) is 5.82 Å². The molecule has 0 bridgehead atoms. The Labute approximate surface area is 128 Å². The highest BCUT2D eigenvalue weighted by Gasteiger charge is 2.52. The first-order chi connectivity index (χ1) is 10.6. The average Bonchev–Trinajstić information content (AvgIpc) is 3.32. The van der Waals surface area contributed by atoms with Crippen molar-refractivity contribution in [2.24, 2.45) is 5.41 Å². The summed E-state index contributed by atoms with van der Waals surface area (Å²) in [5.41, 5.74) is -0.168. The number of piperazine rings is 1. The minimum Gasteiger partial charge on any atom is -0.395 e. The van der Waals surface area contributed by atoms with Crippen molar-refractivity contribution in [2.75, 3.05) is 26.2 Å². The molecule has 0 radical (unpaired) electrons. The van der Waals surface area contributed by atoms with Crippen LogP contribution in [0.2, 0.25) is 0 Å². The third-order valence-corrected chi connectivity index (χ3v) is 4.53. The molecule has 0 unspecified atom stereocenters. The SMILES string of the molecule is O=C1CN(C(=O)C2(CO)CC2)CCN1Cc1ccccc1F. The molecule has 1 aliphatic heterocycles. The van der Waals surface area contributed by atoms with E-state index in [0.717, 1.165) is 0 Å². The standard InChI is InChI=1S/C16H19FN2O3/c17-13-4-2-1-3-12(13)9-18-7-8-19(10-14(18)21)15(22)16(11-20)5-6-16/h1-4,20H,5-11H2. The molecule has 22 heavy (non-hydrogen) atoms. The monoisotopic (exact) mass is 306 g/mol. The second-order valence-corrected chi connectivity index (χ2v) is 6.07. The van der Waals surface area contributed by atoms with Gasteiger partial charge in [0, 0.05) is 25.2 Å². The molecule has 1 heterocycles. The van der Waals surface area contributed by atoms with Crippen LogP contribution in [0, 0.1) is 11.2 Å². The maximum absolute atomic E-state index is 13.7. The van der Waals surface area contributed by atoms with Gasteiger partial charge in [-0.25, -0.2) is 4.39 Å². The van der Waals surface area contributed by atoms with Gasteiger partial charge in [0.15, 0.2) is 0 Å². The summed E-state index contributed by atoms with van der Waals surface area (Å²) in [5.74, 6) is -0.642. The molecule has 6 heteroatoms. The Morgan fingerprint density at radius 3 is 2.59 bits per heavy atom. The van der Waals surface area contributed by atoms with Gasteiger partial charge in [0.05, 0.1) is 18.6 Å². The Kier molecular flexibility index (Phi) is 3.87. The molecule has 2 amide bonds. The summed E-state index contributed by atoms with van der Waals surface area (Å²) in [6, 6.07) is 6.38. The minimum atomic E-state index is -0.645. The van der Waals surface area contributed by atoms with Crippen LogP contribution in [0.5, 0.6) is 0 Å². The molecule has 1 saturated heterocycles. The number of aliphatic hydroxyl groups excluding tert-OH is 1. The molecule has 1 N–H and O–H groups in total. The van der Waals surface area contributed by atoms with E-state index in [9.17, 15) is 19.1 Å². The fourth-order valence-electron chi connectivity index (χ4n) is 2.81. The molecule has 1 aromatic rings. The van der Waals surface area contributed by atoms with Crippen LogP contribution >= 0.6 is 0 Å². The smallest absolute Gasteiger partial charge is 0.242 e. The van der Waals surface area contributed by atoms with E-state index in [2.05, 4.69) is 0 Å². The molecule has 1 aliphatic carbocycles. The molecule has 3 rings (SSSR count). The van der Waals surface area contributed by atoms with Crippen molar-refractivity contribution in [1.29, 1.82) is 0 Å². The molecule has 118 valence electrons. The number of amides is 2. The van der Waals surface area contributed by atoms with Gasteiger partial charge in [-0.05, 0) is 18.9 Å². The number of carbonyl (C=O) groups excluding carboxylic acids is 2. The van der Waals surface area contributed by atoms with Crippen LogP contribution in [-0.4, -0.2) is 53.0 Å². The first-order valence-electron chi connectivity index (χ1n) is 7.47. The molecule has 5 nitrogen and oxygen atoms in total. The number of carbonyl (C=O) groups is 2. The maximum Gasteiger partial charge on any atom is 0.242 e. The van der Waals surface area contributed by atoms with Crippen molar-refractivity contribution in [3.63, 3.8) is 0 Å². The fourth-order valence-corrected chi connectivity index (χ4v) is 2.81. The zero-order chi connectivity index (χ0) is 15.7. The lowest BCUT2D eigenvalue weighted by Gasteiger charge is -2.36. The van der Waals surface area contributed by atoms with Crippen molar-refractivity contribution in [3.8, 4) is 0 Å². The second-order valence-electron chi connectivity index (χ2n) is 6.07. The number of nitrogens with zero attached hydrogens (tertiary/aromatic N) is 2. The third-order valence-electron chi connectivity index (χ3n) is 4.53. The van der Waals surface area contributed by atoms with Gasteiger partial charge in [0.2, 0.25) is 11.8 Å². The molecule has 0 spiro atoms. The molecule has 2 aliphatic rings. The van der Waals surface area contributed by atoms with Gasteiger partial charge >= 0.3 is 0 Å². The number of benzene rings is 1. The Bertz CT molecular complexity index is 601. The summed E-state index contributed by atoms with van der Waals surface area (Å²) in [4.78, 5) is 27.6. The van der Waals surface area contributed by atoms with E-state index in [1.54, 1.807) is 23.1 Å². The van der Waals surface area contributed by atoms with Crippen LogP contribution < -0.4 is 0 Å². The first-order valence-corrected chi connectivity index (χ1v) is 7.47. The van der Waals surface area contributed by atoms with Crippen LogP contribution in [-0.2, 0) is 16.1 Å². The third kappa shape index (κ3) is 2.70. The van der Waals surface area contributed by atoms with E-state index in [1.165, 1.54) is 11.0 Å². The van der Waals surface area contributed by atoms with E-state index in [1.807, 2.05) is 0 Å². The largest absolute Gasteiger partial charge is 0.395 e. The zero-order valence-electron chi connectivity index (χ0n) is 12.3. The highest BCUT2D eigenvalue weighted by atomic mass is 19.1. The molecular weight excluding hydrogens is 287 g/mol. The summed E-state index contributed by atoms with van der Waals surface area (Å²) in [6.45, 7) is 0.893. The lowest BCUT2D eigenvalue weighted by Crippen LogP contribution is -2.54. The summed E-state index contributed by atoms with van der Waals surface area (Å²) in [6.07, 6.45) is 1.37. The predicted octanol–water partition coefficient (Wildman–Crippen LogP) is 0.769. The van der Waals surface area contributed by atoms with Gasteiger partial charge < -0.3 is 14.9 Å². The Hall–Kier alpha value is -1.95. The highest BCUT2D eigenvalue weighted by Crippen LogP contribution is 2.46. The topological polar surface area (TPSA) is 60.9 Å². The fraction of sp³-hybridized carbons (Fsp3) is 0.500. The van der Waals surface area contributed by atoms with Crippen LogP contribution in [0.4, 0.5) is 4.39 Å². The molecule has 1 aromatic carbocycles. The Morgan fingerprint density at radius 1 is 1.27 bits per heavy atom. The minimum absolute atomic E-state index is 0.00896. The Balaban J connectivity index is 1.62. The zero-order valence-corrected chi connectivity index (χ0v) is 12.3. The summed E-state index contributed by atoms with van der Waals surface area (Å²) >= 11 is 0. The van der Waals surface area contributed by atoms with Crippen molar-refractivity contribution >= 4 is 11.8 Å². The lowest BCUT2D eigenvalue weighted by atomic mass is 10.1. The number of halogens is 1. The molecule has 0 atom stereocenters. The normalized spacial score (nSPS) is 20.2. The van der Waals surface area contributed by atoms with Gasteiger partial charge in [-0.15, -0.1) is 0 Å². The summed E-state index contributed by atoms with van der Waals surface area (Å²) in [5, 5.41) is 9.32. The quantitative estimate of drug-likeness (QED) is 0.894. The Morgan fingerprint density at radius 2 is 2.00 bits per heavy atom. The van der Waals surface area contributed by atoms with Crippen molar-refractivity contribution < 1.29 is 19.1 Å². The van der Waals surface area contributed by atoms with Crippen molar-refractivity contribution in [3.05, 3.63) is 35.6 Å². The van der Waals surface area contributed by atoms with E-state index < -0.39 is 5.41 Å². The van der Waals surface area contributed by atoms with Crippen LogP contribution in [0.1, 0.15) is 18.4 Å². The maximum atomic E-state index is 13.7. The van der Waals surface area contributed by atoms with Crippen molar-refractivity contribution in [1.82, 2.24) is 9.80 Å². The number of rotatable bonds is 4. The van der Waals surface area contributed by atoms with E-state index in [-0.39, 0.29) is 37.3 Å². The summed E-state index contributed by atoms with van der Waals surface area (Å²) < 4.78 is 13.7. The number of aliphatic hydroxyl groups is 1. The lowest BCUT2D eigenvalue weighted by molar-refractivity contribution is -0.149. The van der Waals surface area contributed by atoms with E-state index >= 15 is 0 Å².